The molecule has 1 aromatic heterocycles. The number of hydrogen-bond donors (Lipinski definition) is 4. The van der Waals surface area contributed by atoms with Crippen LogP contribution in [0, 0.1) is 6.92 Å². The molecule has 42 heavy (non-hydrogen) atoms. The van der Waals surface area contributed by atoms with Crippen LogP contribution in [0.2, 0.25) is 10.0 Å². The molecule has 0 saturated heterocycles. The van der Waals surface area contributed by atoms with Gasteiger partial charge in [0.15, 0.2) is 0 Å². The third kappa shape index (κ3) is 7.47. The molecule has 0 bridgehead atoms. The number of aliphatic hydroxyl groups is 1. The number of para-hydroxylation sites is 1. The van der Waals surface area contributed by atoms with Crippen molar-refractivity contribution in [3.05, 3.63) is 93.6 Å². The van der Waals surface area contributed by atoms with E-state index in [0.717, 1.165) is 11.1 Å². The van der Waals surface area contributed by atoms with E-state index in [1.165, 1.54) is 18.0 Å². The van der Waals surface area contributed by atoms with Crippen molar-refractivity contribution in [2.75, 3.05) is 37.0 Å². The number of aryl methyl sites for hydroxylation is 1. The minimum Gasteiger partial charge on any atom is -0.487 e. The van der Waals surface area contributed by atoms with Gasteiger partial charge < -0.3 is 30.7 Å². The first-order chi connectivity index (χ1) is 20.2. The quantitative estimate of drug-likeness (QED) is 0.201. The molecule has 4 aromatic rings. The molecule has 0 aliphatic carbocycles. The number of halogens is 2. The summed E-state index contributed by atoms with van der Waals surface area (Å²) in [4.78, 5) is 43.3. The lowest BCUT2D eigenvalue weighted by Gasteiger charge is -2.21. The maximum atomic E-state index is 12.9. The number of anilines is 2. The van der Waals surface area contributed by atoms with Crippen LogP contribution in [0.4, 0.5) is 16.2 Å². The topological polar surface area (TPSA) is 133 Å². The number of amides is 4. The molecule has 0 spiro atoms. The fourth-order valence-corrected chi connectivity index (χ4v) is 4.66. The van der Waals surface area contributed by atoms with E-state index in [0.29, 0.717) is 38.8 Å². The molecular weight excluding hydrogens is 581 g/mol. The summed E-state index contributed by atoms with van der Waals surface area (Å²) in [7, 11) is 1.54. The Bertz CT molecular complexity index is 1630. The van der Waals surface area contributed by atoms with E-state index in [1.807, 2.05) is 37.3 Å². The van der Waals surface area contributed by atoms with Crippen LogP contribution in [0.1, 0.15) is 21.6 Å². The molecular formula is C30H29Cl2N5O5. The molecule has 4 rings (SSSR count). The summed E-state index contributed by atoms with van der Waals surface area (Å²) >= 11 is 13.1. The second kappa shape index (κ2) is 14.0. The normalized spacial score (nSPS) is 10.7. The molecule has 0 aliphatic heterocycles. The number of aliphatic hydroxyl groups excluding tert-OH is 1. The summed E-state index contributed by atoms with van der Waals surface area (Å²) in [5.74, 6) is -0.254. The number of likely N-dealkylation sites (N-methyl/N-ethyl adjacent to an activating group) is 1. The lowest BCUT2D eigenvalue weighted by molar-refractivity contribution is -0.117. The molecule has 0 fully saturated rings. The Morgan fingerprint density at radius 3 is 2.57 bits per heavy atom. The number of aromatic nitrogens is 1. The first-order valence-electron chi connectivity index (χ1n) is 12.9. The zero-order valence-corrected chi connectivity index (χ0v) is 24.4. The number of ether oxygens (including phenoxy) is 1. The second-order valence-corrected chi connectivity index (χ2v) is 10.0. The highest BCUT2D eigenvalue weighted by molar-refractivity contribution is 6.38. The van der Waals surface area contributed by atoms with E-state index < -0.39 is 17.8 Å². The Morgan fingerprint density at radius 2 is 1.79 bits per heavy atom. The molecule has 4 N–H and O–H groups in total. The number of fused-ring (bicyclic) bond motifs is 1. The molecule has 10 nitrogen and oxygen atoms in total. The lowest BCUT2D eigenvalue weighted by Crippen LogP contribution is -2.40. The van der Waals surface area contributed by atoms with Gasteiger partial charge in [-0.2, -0.15) is 0 Å². The molecule has 0 radical (unpaired) electrons. The highest BCUT2D eigenvalue weighted by atomic mass is 35.5. The van der Waals surface area contributed by atoms with E-state index >= 15 is 0 Å². The van der Waals surface area contributed by atoms with Gasteiger partial charge in [-0.05, 0) is 49.4 Å². The molecule has 0 saturated carbocycles. The maximum absolute atomic E-state index is 12.9. The molecule has 4 amide bonds. The number of hydrogen-bond acceptors (Lipinski definition) is 6. The Morgan fingerprint density at radius 1 is 1.00 bits per heavy atom. The number of rotatable bonds is 10. The van der Waals surface area contributed by atoms with E-state index in [9.17, 15) is 14.4 Å². The summed E-state index contributed by atoms with van der Waals surface area (Å²) in [5.41, 5.74) is 3.12. The van der Waals surface area contributed by atoms with Gasteiger partial charge in [0.1, 0.15) is 17.9 Å². The van der Waals surface area contributed by atoms with Crippen molar-refractivity contribution in [2.45, 2.75) is 13.5 Å². The van der Waals surface area contributed by atoms with Gasteiger partial charge in [-0.1, -0.05) is 47.5 Å². The summed E-state index contributed by atoms with van der Waals surface area (Å²) in [6.45, 7) is 1.54. The van der Waals surface area contributed by atoms with Gasteiger partial charge >= 0.3 is 6.03 Å². The van der Waals surface area contributed by atoms with Crippen LogP contribution >= 0.6 is 23.2 Å². The second-order valence-electron chi connectivity index (χ2n) is 9.25. The SMILES string of the molecule is Cc1ccc2cccc(OCc3c(Cl)ccc(N(C)C(=O)CNC(=O)Nc4cccc(C(=O)NCCO)c4)c3Cl)c2n1. The summed E-state index contributed by atoms with van der Waals surface area (Å²) in [6, 6.07) is 18.4. The Balaban J connectivity index is 1.39. The monoisotopic (exact) mass is 609 g/mol. The summed E-state index contributed by atoms with van der Waals surface area (Å²) < 4.78 is 6.06. The van der Waals surface area contributed by atoms with Crippen molar-refractivity contribution < 1.29 is 24.2 Å². The predicted octanol–water partition coefficient (Wildman–Crippen LogP) is 4.94. The highest BCUT2D eigenvalue weighted by Crippen LogP contribution is 2.35. The number of benzene rings is 3. The predicted molar refractivity (Wildman–Crippen MR) is 164 cm³/mol. The third-order valence-corrected chi connectivity index (χ3v) is 7.05. The van der Waals surface area contributed by atoms with Crippen LogP contribution in [0.25, 0.3) is 10.9 Å². The average Bonchev–Trinajstić information content (AvgIpc) is 2.98. The zero-order chi connectivity index (χ0) is 30.2. The van der Waals surface area contributed by atoms with Crippen LogP contribution < -0.4 is 25.6 Å². The minimum absolute atomic E-state index is 0.0417. The molecule has 0 unspecified atom stereocenters. The van der Waals surface area contributed by atoms with Crippen LogP contribution in [-0.2, 0) is 11.4 Å². The third-order valence-electron chi connectivity index (χ3n) is 6.28. The number of nitrogens with zero attached hydrogens (tertiary/aromatic N) is 2. The fraction of sp³-hybridized carbons (Fsp3) is 0.200. The summed E-state index contributed by atoms with van der Waals surface area (Å²) in [5, 5.41) is 18.0. The number of carbonyl (C=O) groups is 3. The van der Waals surface area contributed by atoms with Crippen molar-refractivity contribution in [1.29, 1.82) is 0 Å². The Kier molecular flexibility index (Phi) is 10.2. The molecule has 0 aliphatic rings. The first kappa shape index (κ1) is 30.6. The van der Waals surface area contributed by atoms with Crippen molar-refractivity contribution in [2.24, 2.45) is 0 Å². The zero-order valence-electron chi connectivity index (χ0n) is 22.9. The standard InChI is InChI=1S/C30H29Cl2N5O5/c1-18-9-10-19-5-4-8-25(28(19)35-18)42-17-22-23(31)11-12-24(27(22)32)37(2)26(39)16-34-30(41)36-21-7-3-6-20(15-21)29(40)33-13-14-38/h3-12,15,38H,13-14,16-17H2,1-2H3,(H,33,40)(H2,34,36,41). The van der Waals surface area contributed by atoms with Gasteiger partial charge in [-0.15, -0.1) is 0 Å². The van der Waals surface area contributed by atoms with Gasteiger partial charge in [0.25, 0.3) is 5.91 Å². The minimum atomic E-state index is -0.639. The van der Waals surface area contributed by atoms with E-state index in [1.54, 1.807) is 30.3 Å². The van der Waals surface area contributed by atoms with Crippen molar-refractivity contribution >= 4 is 63.3 Å². The van der Waals surface area contributed by atoms with Crippen LogP contribution in [0.15, 0.2) is 66.7 Å². The van der Waals surface area contributed by atoms with E-state index in [4.69, 9.17) is 33.0 Å². The van der Waals surface area contributed by atoms with Gasteiger partial charge in [-0.25, -0.2) is 9.78 Å². The van der Waals surface area contributed by atoms with Gasteiger partial charge in [0.2, 0.25) is 5.91 Å². The first-order valence-corrected chi connectivity index (χ1v) is 13.7. The van der Waals surface area contributed by atoms with E-state index in [-0.39, 0.29) is 31.3 Å². The Hall–Kier alpha value is -4.38. The van der Waals surface area contributed by atoms with Crippen LogP contribution in [-0.4, -0.2) is 54.7 Å². The van der Waals surface area contributed by atoms with Crippen LogP contribution in [0.5, 0.6) is 5.75 Å². The molecule has 218 valence electrons. The fourth-order valence-electron chi connectivity index (χ4n) is 4.05. The number of carbonyl (C=O) groups excluding carboxylic acids is 3. The van der Waals surface area contributed by atoms with Gasteiger partial charge in [-0.3, -0.25) is 9.59 Å². The van der Waals surface area contributed by atoms with Gasteiger partial charge in [0, 0.05) is 46.5 Å². The summed E-state index contributed by atoms with van der Waals surface area (Å²) in [6.07, 6.45) is 0. The van der Waals surface area contributed by atoms with E-state index in [2.05, 4.69) is 20.9 Å². The Labute approximate surface area is 252 Å². The van der Waals surface area contributed by atoms with Crippen molar-refractivity contribution in [1.82, 2.24) is 15.6 Å². The smallest absolute Gasteiger partial charge is 0.319 e. The van der Waals surface area contributed by atoms with Crippen molar-refractivity contribution in [3.63, 3.8) is 0 Å². The highest BCUT2D eigenvalue weighted by Gasteiger charge is 2.20. The molecule has 0 atom stereocenters. The molecule has 12 heteroatoms. The average molecular weight is 610 g/mol. The van der Waals surface area contributed by atoms with Crippen molar-refractivity contribution in [3.8, 4) is 5.75 Å². The largest absolute Gasteiger partial charge is 0.487 e. The number of nitrogens with one attached hydrogen (secondary N) is 3. The maximum Gasteiger partial charge on any atom is 0.319 e. The van der Waals surface area contributed by atoms with Crippen LogP contribution in [0.3, 0.4) is 0 Å². The molecule has 1 heterocycles. The lowest BCUT2D eigenvalue weighted by atomic mass is 10.1. The number of urea groups is 1. The molecule has 3 aromatic carbocycles. The van der Waals surface area contributed by atoms with Gasteiger partial charge in [0.05, 0.1) is 23.9 Å². The number of pyridine rings is 1.